The second kappa shape index (κ2) is 9.29. The van der Waals surface area contributed by atoms with E-state index in [1.807, 2.05) is 0 Å². The van der Waals surface area contributed by atoms with Crippen molar-refractivity contribution in [3.05, 3.63) is 12.2 Å². The van der Waals surface area contributed by atoms with E-state index in [1.165, 1.54) is 0 Å². The van der Waals surface area contributed by atoms with Gasteiger partial charge in [-0.05, 0) is 12.5 Å². The quantitative estimate of drug-likeness (QED) is 0.371. The van der Waals surface area contributed by atoms with Crippen molar-refractivity contribution in [2.24, 2.45) is 0 Å². The van der Waals surface area contributed by atoms with Crippen LogP contribution in [0, 0.1) is 0 Å². The third kappa shape index (κ3) is 17.6. The maximum atomic E-state index is 9.41. The number of hydrogen-bond acceptors (Lipinski definition) is 4. The molecule has 0 aromatic rings. The summed E-state index contributed by atoms with van der Waals surface area (Å²) in [6, 6.07) is 0. The zero-order valence-electron chi connectivity index (χ0n) is 6.53. The molecular formula is C7H14O4. The molecule has 3 N–H and O–H groups in total. The number of rotatable bonds is 3. The summed E-state index contributed by atoms with van der Waals surface area (Å²) in [6.45, 7) is 4.24. The molecule has 0 unspecified atom stereocenters. The van der Waals surface area contributed by atoms with Crippen LogP contribution in [0.5, 0.6) is 0 Å². The van der Waals surface area contributed by atoms with Crippen molar-refractivity contribution in [1.82, 2.24) is 0 Å². The summed E-state index contributed by atoms with van der Waals surface area (Å²) in [5.41, 5.74) is 0.574. The molecule has 0 heterocycles. The Balaban J connectivity index is 0. The standard InChI is InChI=1S/C4H6O.C3H8O3/c1-4(2)3-5;4-1-3(6)2-5/h3H,1H2,2H3;3-6H,1-2H2. The molecule has 11 heavy (non-hydrogen) atoms. The third-order valence-electron chi connectivity index (χ3n) is 0.623. The van der Waals surface area contributed by atoms with Gasteiger partial charge in [-0.25, -0.2) is 0 Å². The lowest BCUT2D eigenvalue weighted by atomic mass is 10.4. The first-order chi connectivity index (χ1) is 5.08. The van der Waals surface area contributed by atoms with E-state index in [2.05, 4.69) is 6.58 Å². The Bertz CT molecular complexity index is 107. The van der Waals surface area contributed by atoms with Gasteiger partial charge in [0.25, 0.3) is 0 Å². The van der Waals surface area contributed by atoms with Crippen LogP contribution in [0.3, 0.4) is 0 Å². The summed E-state index contributed by atoms with van der Waals surface area (Å²) in [5, 5.41) is 24.0. The minimum Gasteiger partial charge on any atom is -0.394 e. The second-order valence-corrected chi connectivity index (χ2v) is 1.98. The number of aliphatic hydroxyl groups excluding tert-OH is 3. The zero-order valence-corrected chi connectivity index (χ0v) is 6.53. The highest BCUT2D eigenvalue weighted by Gasteiger charge is 1.93. The van der Waals surface area contributed by atoms with Crippen LogP contribution in [0.2, 0.25) is 0 Å². The van der Waals surface area contributed by atoms with E-state index in [0.717, 1.165) is 6.29 Å². The molecule has 66 valence electrons. The minimum absolute atomic E-state index is 0.365. The van der Waals surface area contributed by atoms with Gasteiger partial charge in [0.2, 0.25) is 0 Å². The Morgan fingerprint density at radius 3 is 1.82 bits per heavy atom. The molecule has 0 saturated heterocycles. The minimum atomic E-state index is -0.954. The molecule has 0 saturated carbocycles. The number of aldehydes is 1. The molecule has 0 bridgehead atoms. The molecule has 0 spiro atoms. The van der Waals surface area contributed by atoms with Crippen molar-refractivity contribution in [1.29, 1.82) is 0 Å². The maximum Gasteiger partial charge on any atom is 0.145 e. The fourth-order valence-corrected chi connectivity index (χ4v) is 0.0577. The van der Waals surface area contributed by atoms with Crippen LogP contribution in [0.25, 0.3) is 0 Å². The monoisotopic (exact) mass is 162 g/mol. The van der Waals surface area contributed by atoms with E-state index < -0.39 is 6.10 Å². The number of hydrogen-bond donors (Lipinski definition) is 3. The van der Waals surface area contributed by atoms with Crippen LogP contribution in [0.4, 0.5) is 0 Å². The molecule has 0 fully saturated rings. The molecule has 0 amide bonds. The molecule has 4 nitrogen and oxygen atoms in total. The van der Waals surface area contributed by atoms with Gasteiger partial charge in [0.1, 0.15) is 12.4 Å². The van der Waals surface area contributed by atoms with E-state index in [1.54, 1.807) is 6.92 Å². The van der Waals surface area contributed by atoms with Crippen molar-refractivity contribution in [3.63, 3.8) is 0 Å². The topological polar surface area (TPSA) is 77.8 Å². The van der Waals surface area contributed by atoms with Crippen molar-refractivity contribution in [2.75, 3.05) is 13.2 Å². The highest BCUT2D eigenvalue weighted by molar-refractivity contribution is 5.70. The lowest BCUT2D eigenvalue weighted by Crippen LogP contribution is -2.15. The number of carbonyl (C=O) groups is 1. The van der Waals surface area contributed by atoms with Gasteiger partial charge in [-0.15, -0.1) is 0 Å². The molecule has 0 aromatic heterocycles. The van der Waals surface area contributed by atoms with E-state index >= 15 is 0 Å². The molecule has 0 aliphatic carbocycles. The molecule has 0 aliphatic rings. The molecule has 4 heteroatoms. The van der Waals surface area contributed by atoms with Gasteiger partial charge in [0.15, 0.2) is 0 Å². The number of allylic oxidation sites excluding steroid dienone is 1. The molecule has 0 aromatic carbocycles. The van der Waals surface area contributed by atoms with Gasteiger partial charge in [0.05, 0.1) is 13.2 Å². The van der Waals surface area contributed by atoms with Crippen LogP contribution in [-0.4, -0.2) is 40.9 Å². The summed E-state index contributed by atoms with van der Waals surface area (Å²) in [5.74, 6) is 0. The predicted molar refractivity (Wildman–Crippen MR) is 41.1 cm³/mol. The van der Waals surface area contributed by atoms with Gasteiger partial charge in [-0.2, -0.15) is 0 Å². The first-order valence-electron chi connectivity index (χ1n) is 3.09. The highest BCUT2D eigenvalue weighted by atomic mass is 16.3. The van der Waals surface area contributed by atoms with E-state index in [4.69, 9.17) is 15.3 Å². The Kier molecular flexibility index (Phi) is 10.9. The predicted octanol–water partition coefficient (Wildman–Crippen LogP) is -0.907. The fraction of sp³-hybridized carbons (Fsp3) is 0.571. The van der Waals surface area contributed by atoms with E-state index in [-0.39, 0.29) is 13.2 Å². The van der Waals surface area contributed by atoms with Gasteiger partial charge in [0, 0.05) is 0 Å². The first-order valence-corrected chi connectivity index (χ1v) is 3.09. The smallest absolute Gasteiger partial charge is 0.145 e. The summed E-state index contributed by atoms with van der Waals surface area (Å²) in [7, 11) is 0. The van der Waals surface area contributed by atoms with Crippen molar-refractivity contribution in [3.8, 4) is 0 Å². The Hall–Kier alpha value is -0.710. The summed E-state index contributed by atoms with van der Waals surface area (Å²) in [4.78, 5) is 9.41. The Morgan fingerprint density at radius 2 is 1.82 bits per heavy atom. The average molecular weight is 162 g/mol. The van der Waals surface area contributed by atoms with E-state index in [9.17, 15) is 4.79 Å². The van der Waals surface area contributed by atoms with Crippen LogP contribution in [0.1, 0.15) is 6.92 Å². The summed E-state index contributed by atoms with van der Waals surface area (Å²) in [6.07, 6.45) is -0.231. The normalized spacial score (nSPS) is 8.45. The zero-order chi connectivity index (χ0) is 9.28. The van der Waals surface area contributed by atoms with Crippen LogP contribution in [-0.2, 0) is 4.79 Å². The molecule has 0 atom stereocenters. The molecular weight excluding hydrogens is 148 g/mol. The van der Waals surface area contributed by atoms with Gasteiger partial charge in [-0.1, -0.05) is 6.58 Å². The Labute approximate surface area is 65.8 Å². The van der Waals surface area contributed by atoms with Crippen molar-refractivity contribution < 1.29 is 20.1 Å². The van der Waals surface area contributed by atoms with Gasteiger partial charge in [-0.3, -0.25) is 4.79 Å². The van der Waals surface area contributed by atoms with Gasteiger partial charge >= 0.3 is 0 Å². The van der Waals surface area contributed by atoms with E-state index in [0.29, 0.717) is 5.57 Å². The number of aliphatic hydroxyl groups is 3. The maximum absolute atomic E-state index is 9.41. The van der Waals surface area contributed by atoms with Crippen LogP contribution in [0.15, 0.2) is 12.2 Å². The number of carbonyl (C=O) groups excluding carboxylic acids is 1. The van der Waals surface area contributed by atoms with Gasteiger partial charge < -0.3 is 15.3 Å². The van der Waals surface area contributed by atoms with Crippen LogP contribution < -0.4 is 0 Å². The molecule has 0 radical (unpaired) electrons. The average Bonchev–Trinajstić information content (AvgIpc) is 2.04. The lowest BCUT2D eigenvalue weighted by molar-refractivity contribution is -0.104. The largest absolute Gasteiger partial charge is 0.394 e. The second-order valence-electron chi connectivity index (χ2n) is 1.98. The molecule has 0 rings (SSSR count). The highest BCUT2D eigenvalue weighted by Crippen LogP contribution is 1.71. The van der Waals surface area contributed by atoms with Crippen molar-refractivity contribution in [2.45, 2.75) is 13.0 Å². The lowest BCUT2D eigenvalue weighted by Gasteiger charge is -1.96. The SMILES string of the molecule is C=C(C)C=O.OCC(O)CO. The van der Waals surface area contributed by atoms with Crippen LogP contribution >= 0.6 is 0 Å². The van der Waals surface area contributed by atoms with Crippen molar-refractivity contribution >= 4 is 6.29 Å². The summed E-state index contributed by atoms with van der Waals surface area (Å²) < 4.78 is 0. The third-order valence-corrected chi connectivity index (χ3v) is 0.623. The first kappa shape index (κ1) is 12.9. The summed E-state index contributed by atoms with van der Waals surface area (Å²) >= 11 is 0. The fourth-order valence-electron chi connectivity index (χ4n) is 0.0577. The Morgan fingerprint density at radius 1 is 1.55 bits per heavy atom. The molecule has 0 aliphatic heterocycles.